The van der Waals surface area contributed by atoms with E-state index in [1.54, 1.807) is 48.2 Å². The third-order valence-electron chi connectivity index (χ3n) is 5.84. The first kappa shape index (κ1) is 23.1. The largest absolute Gasteiger partial charge is 0.502 e. The van der Waals surface area contributed by atoms with Crippen molar-refractivity contribution in [1.82, 2.24) is 0 Å². The van der Waals surface area contributed by atoms with E-state index in [1.165, 1.54) is 17.0 Å². The molecule has 0 aliphatic carbocycles. The Bertz CT molecular complexity index is 1310. The lowest BCUT2D eigenvalue weighted by Crippen LogP contribution is -2.31. The van der Waals surface area contributed by atoms with Gasteiger partial charge >= 0.3 is 0 Å². The van der Waals surface area contributed by atoms with E-state index in [-0.39, 0.29) is 9.80 Å². The summed E-state index contributed by atoms with van der Waals surface area (Å²) < 4.78 is 27.4. The molecule has 5 nitrogen and oxygen atoms in total. The first-order valence-electron chi connectivity index (χ1n) is 10.6. The molecule has 1 heterocycles. The number of anilines is 1. The Morgan fingerprint density at radius 2 is 1.55 bits per heavy atom. The van der Waals surface area contributed by atoms with E-state index in [0.717, 1.165) is 22.4 Å². The lowest BCUT2D eigenvalue weighted by molar-refractivity contribution is -0.117. The Labute approximate surface area is 198 Å². The third kappa shape index (κ3) is 4.18. The minimum atomic E-state index is -4.14. The molecule has 0 aromatic heterocycles. The van der Waals surface area contributed by atoms with E-state index in [0.29, 0.717) is 11.3 Å². The van der Waals surface area contributed by atoms with Gasteiger partial charge in [-0.1, -0.05) is 48.9 Å². The van der Waals surface area contributed by atoms with Crippen molar-refractivity contribution in [3.8, 4) is 0 Å². The van der Waals surface area contributed by atoms with Crippen LogP contribution in [0.25, 0.3) is 0 Å². The van der Waals surface area contributed by atoms with Crippen LogP contribution >= 0.6 is 11.8 Å². The summed E-state index contributed by atoms with van der Waals surface area (Å²) in [6, 6.07) is 20.2. The number of carbonyl (C=O) groups is 1. The molecule has 1 N–H and O–H groups in total. The molecule has 0 unspecified atom stereocenters. The minimum Gasteiger partial charge on any atom is -0.502 e. The Morgan fingerprint density at radius 1 is 0.939 bits per heavy atom. The van der Waals surface area contributed by atoms with Crippen LogP contribution in [-0.4, -0.2) is 25.7 Å². The fraction of sp³-hybridized carbons (Fsp3) is 0.192. The van der Waals surface area contributed by atoms with Gasteiger partial charge in [0, 0.05) is 10.6 Å². The summed E-state index contributed by atoms with van der Waals surface area (Å²) in [5, 5.41) is 10.9. The van der Waals surface area contributed by atoms with Gasteiger partial charge in [0.25, 0.3) is 5.91 Å². The summed E-state index contributed by atoms with van der Waals surface area (Å²) in [7, 11) is -4.14. The number of carbonyl (C=O) groups excluding carboxylic acids is 1. The van der Waals surface area contributed by atoms with Gasteiger partial charge < -0.3 is 5.11 Å². The predicted octanol–water partition coefficient (Wildman–Crippen LogP) is 5.61. The first-order chi connectivity index (χ1) is 15.8. The molecular weight excluding hydrogens is 454 g/mol. The number of sulfone groups is 1. The van der Waals surface area contributed by atoms with Crippen molar-refractivity contribution < 1.29 is 18.3 Å². The molecule has 1 aliphatic rings. The first-order valence-corrected chi connectivity index (χ1v) is 13.3. The van der Waals surface area contributed by atoms with Crippen LogP contribution in [0, 0.1) is 6.92 Å². The highest BCUT2D eigenvalue weighted by molar-refractivity contribution is 7.98. The molecular formula is C26H25NO4S2. The molecule has 0 spiro atoms. The molecule has 0 fully saturated rings. The van der Waals surface area contributed by atoms with Gasteiger partial charge in [-0.25, -0.2) is 8.42 Å². The molecule has 4 rings (SSSR count). The van der Waals surface area contributed by atoms with Gasteiger partial charge in [-0.2, -0.15) is 0 Å². The fourth-order valence-electron chi connectivity index (χ4n) is 3.95. The summed E-state index contributed by atoms with van der Waals surface area (Å²) in [5.74, 6) is -1.47. The molecule has 1 atom stereocenters. The molecule has 0 bridgehead atoms. The number of amides is 1. The van der Waals surface area contributed by atoms with Gasteiger partial charge in [0.1, 0.15) is 10.9 Å². The Hall–Kier alpha value is -3.03. The van der Waals surface area contributed by atoms with Gasteiger partial charge in [-0.15, -0.1) is 11.8 Å². The molecule has 3 aromatic carbocycles. The number of hydrogen-bond donors (Lipinski definition) is 1. The van der Waals surface area contributed by atoms with Crippen LogP contribution in [0.2, 0.25) is 0 Å². The van der Waals surface area contributed by atoms with Crippen molar-refractivity contribution in [3.63, 3.8) is 0 Å². The second-order valence-corrected chi connectivity index (χ2v) is 10.7. The quantitative estimate of drug-likeness (QED) is 0.465. The topological polar surface area (TPSA) is 74.7 Å². The van der Waals surface area contributed by atoms with Crippen LogP contribution in [0.5, 0.6) is 0 Å². The lowest BCUT2D eigenvalue weighted by Gasteiger charge is -2.27. The Morgan fingerprint density at radius 3 is 2.09 bits per heavy atom. The summed E-state index contributed by atoms with van der Waals surface area (Å²) in [6.45, 7) is 3.90. The molecule has 0 radical (unpaired) electrons. The number of benzene rings is 3. The van der Waals surface area contributed by atoms with Crippen molar-refractivity contribution in [2.45, 2.75) is 36.1 Å². The number of aryl methyl sites for hydroxylation is 2. The van der Waals surface area contributed by atoms with Crippen molar-refractivity contribution >= 4 is 33.2 Å². The average molecular weight is 480 g/mol. The second kappa shape index (κ2) is 9.08. The van der Waals surface area contributed by atoms with E-state index in [2.05, 4.69) is 0 Å². The van der Waals surface area contributed by atoms with E-state index in [1.807, 2.05) is 44.4 Å². The highest BCUT2D eigenvalue weighted by Gasteiger charge is 2.47. The standard InChI is InChI=1S/C26H25NO4S2/c1-4-18-7-11-20(12-8-18)27-23(19-9-13-21(32-3)14-10-19)25(24(28)26(27)29)33(30,31)22-15-5-17(2)6-16-22/h5-16,23,28H,4H2,1-3H3/t23-/m1/s1. The second-order valence-electron chi connectivity index (χ2n) is 7.90. The zero-order valence-corrected chi connectivity index (χ0v) is 20.3. The monoisotopic (exact) mass is 479 g/mol. The molecule has 7 heteroatoms. The number of thioether (sulfide) groups is 1. The molecule has 170 valence electrons. The third-order valence-corrected chi connectivity index (χ3v) is 8.47. The van der Waals surface area contributed by atoms with Crippen molar-refractivity contribution in [1.29, 1.82) is 0 Å². The summed E-state index contributed by atoms with van der Waals surface area (Å²) >= 11 is 1.57. The molecule has 3 aromatic rings. The zero-order valence-electron chi connectivity index (χ0n) is 18.6. The average Bonchev–Trinajstić information content (AvgIpc) is 3.10. The van der Waals surface area contributed by atoms with Gasteiger partial charge in [0.15, 0.2) is 5.76 Å². The Balaban J connectivity index is 1.90. The highest BCUT2D eigenvalue weighted by Crippen LogP contribution is 2.45. The Kier molecular flexibility index (Phi) is 6.36. The minimum absolute atomic E-state index is 0.0383. The fourth-order valence-corrected chi connectivity index (χ4v) is 5.98. The van der Waals surface area contributed by atoms with Gasteiger partial charge in [0.05, 0.1) is 4.90 Å². The maximum Gasteiger partial charge on any atom is 0.295 e. The molecule has 1 aliphatic heterocycles. The smallest absolute Gasteiger partial charge is 0.295 e. The summed E-state index contributed by atoms with van der Waals surface area (Å²) in [6.07, 6.45) is 2.79. The van der Waals surface area contributed by atoms with Crippen molar-refractivity contribution in [2.75, 3.05) is 11.2 Å². The zero-order chi connectivity index (χ0) is 23.8. The number of aliphatic hydroxyl groups is 1. The lowest BCUT2D eigenvalue weighted by atomic mass is 10.1. The van der Waals surface area contributed by atoms with E-state index >= 15 is 0 Å². The van der Waals surface area contributed by atoms with Crippen molar-refractivity contribution in [2.24, 2.45) is 0 Å². The van der Waals surface area contributed by atoms with E-state index in [4.69, 9.17) is 0 Å². The van der Waals surface area contributed by atoms with E-state index < -0.39 is 27.5 Å². The maximum atomic E-state index is 13.7. The van der Waals surface area contributed by atoms with Crippen LogP contribution < -0.4 is 4.90 Å². The number of nitrogens with zero attached hydrogens (tertiary/aromatic N) is 1. The van der Waals surface area contributed by atoms with Gasteiger partial charge in [-0.3, -0.25) is 9.69 Å². The normalized spacial score (nSPS) is 16.5. The van der Waals surface area contributed by atoms with Gasteiger partial charge in [0.2, 0.25) is 9.84 Å². The molecule has 0 saturated heterocycles. The number of rotatable bonds is 6. The van der Waals surface area contributed by atoms with Crippen LogP contribution in [0.4, 0.5) is 5.69 Å². The maximum absolute atomic E-state index is 13.7. The van der Waals surface area contributed by atoms with E-state index in [9.17, 15) is 18.3 Å². The van der Waals surface area contributed by atoms with Gasteiger partial charge in [-0.05, 0) is 67.1 Å². The number of hydrogen-bond acceptors (Lipinski definition) is 5. The highest BCUT2D eigenvalue weighted by atomic mass is 32.2. The van der Waals surface area contributed by atoms with Crippen molar-refractivity contribution in [3.05, 3.63) is 100 Å². The summed E-state index contributed by atoms with van der Waals surface area (Å²) in [5.41, 5.74) is 3.14. The molecule has 0 saturated carbocycles. The van der Waals surface area contributed by atoms with Crippen LogP contribution in [0.3, 0.4) is 0 Å². The van der Waals surface area contributed by atoms with Crippen LogP contribution in [-0.2, 0) is 21.1 Å². The molecule has 33 heavy (non-hydrogen) atoms. The van der Waals surface area contributed by atoms with Crippen LogP contribution in [0.1, 0.15) is 29.7 Å². The molecule has 1 amide bonds. The number of aliphatic hydroxyl groups excluding tert-OH is 1. The summed E-state index contributed by atoms with van der Waals surface area (Å²) in [4.78, 5) is 15.4. The van der Waals surface area contributed by atoms with Crippen LogP contribution in [0.15, 0.2) is 93.3 Å². The SMILES string of the molecule is CCc1ccc(N2C(=O)C(O)=C(S(=O)(=O)c3ccc(C)cc3)[C@H]2c2ccc(SC)cc2)cc1. The predicted molar refractivity (Wildman–Crippen MR) is 132 cm³/mol.